The number of esters is 1. The van der Waals surface area contributed by atoms with Gasteiger partial charge in [0.1, 0.15) is 10.7 Å². The minimum atomic E-state index is -0.522. The van der Waals surface area contributed by atoms with Gasteiger partial charge in [-0.1, -0.05) is 6.07 Å². The van der Waals surface area contributed by atoms with Crippen LogP contribution in [0.5, 0.6) is 0 Å². The predicted octanol–water partition coefficient (Wildman–Crippen LogP) is 3.23. The molecule has 4 nitrogen and oxygen atoms in total. The molecule has 0 atom stereocenters. The zero-order valence-corrected chi connectivity index (χ0v) is 11.7. The van der Waals surface area contributed by atoms with Crippen LogP contribution in [0.1, 0.15) is 25.6 Å². The largest absolute Gasteiger partial charge is 0.465 e. The van der Waals surface area contributed by atoms with Gasteiger partial charge in [-0.05, 0) is 36.1 Å². The number of methoxy groups -OCH3 is 1. The van der Waals surface area contributed by atoms with E-state index in [9.17, 15) is 14.0 Å². The van der Waals surface area contributed by atoms with E-state index in [4.69, 9.17) is 0 Å². The van der Waals surface area contributed by atoms with Crippen molar-refractivity contribution >= 4 is 28.9 Å². The third-order valence-electron chi connectivity index (χ3n) is 2.73. The third-order valence-corrected chi connectivity index (χ3v) is 3.62. The second kappa shape index (κ2) is 5.83. The fourth-order valence-electron chi connectivity index (χ4n) is 1.69. The third kappa shape index (κ3) is 2.85. The molecule has 0 spiro atoms. The number of hydrogen-bond donors (Lipinski definition) is 1. The molecule has 0 aliphatic carbocycles. The van der Waals surface area contributed by atoms with Crippen LogP contribution in [-0.2, 0) is 4.74 Å². The van der Waals surface area contributed by atoms with E-state index in [-0.39, 0.29) is 5.56 Å². The number of aryl methyl sites for hydroxylation is 1. The first-order valence-corrected chi connectivity index (χ1v) is 6.64. The number of thiophene rings is 1. The van der Waals surface area contributed by atoms with E-state index in [1.165, 1.54) is 19.2 Å². The normalized spacial score (nSPS) is 10.2. The fourth-order valence-corrected chi connectivity index (χ4v) is 2.45. The second-order valence-electron chi connectivity index (χ2n) is 4.07. The molecule has 1 heterocycles. The summed E-state index contributed by atoms with van der Waals surface area (Å²) in [6, 6.07) is 5.58. The number of amides is 1. The summed E-state index contributed by atoms with van der Waals surface area (Å²) in [5.74, 6) is -1.48. The van der Waals surface area contributed by atoms with Gasteiger partial charge < -0.3 is 10.1 Å². The molecule has 1 aromatic heterocycles. The zero-order valence-electron chi connectivity index (χ0n) is 10.9. The van der Waals surface area contributed by atoms with Crippen LogP contribution in [0.2, 0.25) is 0 Å². The van der Waals surface area contributed by atoms with Crippen molar-refractivity contribution in [3.8, 4) is 0 Å². The highest BCUT2D eigenvalue weighted by atomic mass is 32.1. The van der Waals surface area contributed by atoms with E-state index in [1.54, 1.807) is 18.4 Å². The summed E-state index contributed by atoms with van der Waals surface area (Å²) in [5, 5.41) is 4.26. The van der Waals surface area contributed by atoms with E-state index in [0.29, 0.717) is 16.1 Å². The number of ether oxygens (including phenoxy) is 1. The number of anilines is 1. The summed E-state index contributed by atoms with van der Waals surface area (Å²) in [4.78, 5) is 23.9. The van der Waals surface area contributed by atoms with Gasteiger partial charge in [0, 0.05) is 5.56 Å². The maximum absolute atomic E-state index is 13.2. The Bertz CT molecular complexity index is 666. The molecule has 6 heteroatoms. The number of carbonyl (C=O) groups is 2. The van der Waals surface area contributed by atoms with Crippen molar-refractivity contribution in [2.75, 3.05) is 12.4 Å². The summed E-state index contributed by atoms with van der Waals surface area (Å²) in [7, 11) is 1.27. The van der Waals surface area contributed by atoms with Gasteiger partial charge in [-0.3, -0.25) is 4.79 Å². The molecule has 0 bridgehead atoms. The van der Waals surface area contributed by atoms with Crippen LogP contribution in [0, 0.1) is 12.7 Å². The SMILES string of the molecule is COC(=O)c1sccc1NC(=O)c1cc(F)ccc1C. The van der Waals surface area contributed by atoms with Crippen molar-refractivity contribution in [2.45, 2.75) is 6.92 Å². The molecule has 0 aliphatic rings. The monoisotopic (exact) mass is 293 g/mol. The Balaban J connectivity index is 2.26. The number of benzene rings is 1. The molecule has 104 valence electrons. The van der Waals surface area contributed by atoms with E-state index in [0.717, 1.165) is 17.4 Å². The van der Waals surface area contributed by atoms with Gasteiger partial charge in [-0.25, -0.2) is 9.18 Å². The molecule has 20 heavy (non-hydrogen) atoms. The van der Waals surface area contributed by atoms with Crippen LogP contribution in [0.3, 0.4) is 0 Å². The molecule has 1 amide bonds. The van der Waals surface area contributed by atoms with Crippen molar-refractivity contribution in [2.24, 2.45) is 0 Å². The lowest BCUT2D eigenvalue weighted by molar-refractivity contribution is 0.0607. The smallest absolute Gasteiger partial charge is 0.350 e. The Kier molecular flexibility index (Phi) is 4.14. The first-order valence-electron chi connectivity index (χ1n) is 5.76. The summed E-state index contributed by atoms with van der Waals surface area (Å²) < 4.78 is 17.8. The maximum atomic E-state index is 13.2. The highest BCUT2D eigenvalue weighted by molar-refractivity contribution is 7.12. The van der Waals surface area contributed by atoms with Crippen molar-refractivity contribution < 1.29 is 18.7 Å². The Morgan fingerprint density at radius 3 is 2.75 bits per heavy atom. The van der Waals surface area contributed by atoms with E-state index < -0.39 is 17.7 Å². The Morgan fingerprint density at radius 1 is 1.30 bits per heavy atom. The lowest BCUT2D eigenvalue weighted by atomic mass is 10.1. The molecular formula is C14H12FNO3S. The van der Waals surface area contributed by atoms with Crippen LogP contribution in [0.4, 0.5) is 10.1 Å². The number of halogens is 1. The summed E-state index contributed by atoms with van der Waals surface area (Å²) in [6.07, 6.45) is 0. The average molecular weight is 293 g/mol. The van der Waals surface area contributed by atoms with Crippen molar-refractivity contribution in [1.29, 1.82) is 0 Å². The molecule has 0 aliphatic heterocycles. The molecular weight excluding hydrogens is 281 g/mol. The average Bonchev–Trinajstić information content (AvgIpc) is 2.88. The number of rotatable bonds is 3. The van der Waals surface area contributed by atoms with Crippen LogP contribution in [-0.4, -0.2) is 19.0 Å². The molecule has 1 N–H and O–H groups in total. The van der Waals surface area contributed by atoms with Gasteiger partial charge in [-0.2, -0.15) is 0 Å². The standard InChI is InChI=1S/C14H12FNO3S/c1-8-3-4-9(15)7-10(8)13(17)16-11-5-6-20-12(11)14(18)19-2/h3-7H,1-2H3,(H,16,17). The summed E-state index contributed by atoms with van der Waals surface area (Å²) in [6.45, 7) is 1.71. The highest BCUT2D eigenvalue weighted by Crippen LogP contribution is 2.24. The van der Waals surface area contributed by atoms with Crippen LogP contribution in [0.25, 0.3) is 0 Å². The number of nitrogens with one attached hydrogen (secondary N) is 1. The molecule has 0 unspecified atom stereocenters. The first kappa shape index (κ1) is 14.2. The predicted molar refractivity (Wildman–Crippen MR) is 74.7 cm³/mol. The maximum Gasteiger partial charge on any atom is 0.350 e. The van der Waals surface area contributed by atoms with Crippen molar-refractivity contribution in [3.63, 3.8) is 0 Å². The fraction of sp³-hybridized carbons (Fsp3) is 0.143. The Morgan fingerprint density at radius 2 is 2.05 bits per heavy atom. The van der Waals surface area contributed by atoms with Gasteiger partial charge in [0.25, 0.3) is 5.91 Å². The summed E-state index contributed by atoms with van der Waals surface area (Å²) >= 11 is 1.16. The molecule has 2 aromatic rings. The Labute approximate surface area is 119 Å². The van der Waals surface area contributed by atoms with Crippen LogP contribution < -0.4 is 5.32 Å². The van der Waals surface area contributed by atoms with Gasteiger partial charge >= 0.3 is 5.97 Å². The van der Waals surface area contributed by atoms with E-state index in [2.05, 4.69) is 10.1 Å². The van der Waals surface area contributed by atoms with Gasteiger partial charge in [-0.15, -0.1) is 11.3 Å². The minimum Gasteiger partial charge on any atom is -0.465 e. The molecule has 1 aromatic carbocycles. The van der Waals surface area contributed by atoms with Gasteiger partial charge in [0.05, 0.1) is 12.8 Å². The van der Waals surface area contributed by atoms with Gasteiger partial charge in [0.15, 0.2) is 0 Å². The van der Waals surface area contributed by atoms with Gasteiger partial charge in [0.2, 0.25) is 0 Å². The van der Waals surface area contributed by atoms with E-state index >= 15 is 0 Å². The lowest BCUT2D eigenvalue weighted by Crippen LogP contribution is -2.15. The molecule has 0 saturated carbocycles. The molecule has 0 radical (unpaired) electrons. The summed E-state index contributed by atoms with van der Waals surface area (Å²) in [5.41, 5.74) is 1.24. The highest BCUT2D eigenvalue weighted by Gasteiger charge is 2.17. The minimum absolute atomic E-state index is 0.229. The van der Waals surface area contributed by atoms with Crippen LogP contribution >= 0.6 is 11.3 Å². The molecule has 0 saturated heterocycles. The number of carbonyl (C=O) groups excluding carboxylic acids is 2. The molecule has 2 rings (SSSR count). The zero-order chi connectivity index (χ0) is 14.7. The van der Waals surface area contributed by atoms with Crippen molar-refractivity contribution in [1.82, 2.24) is 0 Å². The van der Waals surface area contributed by atoms with Crippen molar-refractivity contribution in [3.05, 3.63) is 51.5 Å². The molecule has 0 fully saturated rings. The van der Waals surface area contributed by atoms with Crippen LogP contribution in [0.15, 0.2) is 29.6 Å². The van der Waals surface area contributed by atoms with E-state index in [1.807, 2.05) is 0 Å². The topological polar surface area (TPSA) is 55.4 Å². The number of hydrogen-bond acceptors (Lipinski definition) is 4. The quantitative estimate of drug-likeness (QED) is 0.884. The lowest BCUT2D eigenvalue weighted by Gasteiger charge is -2.08. The first-order chi connectivity index (χ1) is 9.52. The second-order valence-corrected chi connectivity index (χ2v) is 4.98. The Hall–Kier alpha value is -2.21.